The molecule has 168 valence electrons. The molecule has 0 heterocycles. The highest BCUT2D eigenvalue weighted by atomic mass is 35.5. The maximum absolute atomic E-state index is 13.3. The van der Waals surface area contributed by atoms with Gasteiger partial charge in [-0.05, 0) is 43.3 Å². The van der Waals surface area contributed by atoms with Crippen molar-refractivity contribution in [2.24, 2.45) is 0 Å². The van der Waals surface area contributed by atoms with Gasteiger partial charge in [-0.2, -0.15) is 0 Å². The number of carbonyl (C=O) groups is 2. The van der Waals surface area contributed by atoms with Crippen LogP contribution in [-0.4, -0.2) is 51.0 Å². The molecule has 0 aliphatic rings. The fraction of sp³-hybridized carbons (Fsp3) is 0.300. The fourth-order valence-electron chi connectivity index (χ4n) is 2.87. The van der Waals surface area contributed by atoms with E-state index >= 15 is 0 Å². The van der Waals surface area contributed by atoms with Crippen molar-refractivity contribution in [3.05, 3.63) is 63.9 Å². The summed E-state index contributed by atoms with van der Waals surface area (Å²) in [6, 6.07) is 8.57. The molecule has 2 aromatic carbocycles. The van der Waals surface area contributed by atoms with E-state index in [1.54, 1.807) is 18.2 Å². The molecule has 0 unspecified atom stereocenters. The van der Waals surface area contributed by atoms with Crippen LogP contribution in [0.1, 0.15) is 12.5 Å². The Morgan fingerprint density at radius 2 is 1.65 bits per heavy atom. The number of anilines is 1. The van der Waals surface area contributed by atoms with E-state index in [0.29, 0.717) is 15.6 Å². The molecule has 2 amide bonds. The smallest absolute Gasteiger partial charge is 0.244 e. The van der Waals surface area contributed by atoms with Crippen LogP contribution in [-0.2, 0) is 26.2 Å². The van der Waals surface area contributed by atoms with Crippen LogP contribution in [0.4, 0.5) is 10.1 Å². The van der Waals surface area contributed by atoms with Gasteiger partial charge in [0, 0.05) is 29.2 Å². The zero-order valence-electron chi connectivity index (χ0n) is 17.1. The monoisotopic (exact) mass is 489 g/mol. The van der Waals surface area contributed by atoms with E-state index in [-0.39, 0.29) is 12.2 Å². The molecule has 0 aliphatic heterocycles. The molecule has 0 fully saturated rings. The van der Waals surface area contributed by atoms with Crippen molar-refractivity contribution >= 4 is 50.7 Å². The third-order valence-corrected chi connectivity index (χ3v) is 6.45. The van der Waals surface area contributed by atoms with E-state index in [1.807, 2.05) is 0 Å². The van der Waals surface area contributed by atoms with Crippen LogP contribution >= 0.6 is 23.2 Å². The zero-order chi connectivity index (χ0) is 23.3. The number of nitrogens with zero attached hydrogens (tertiary/aromatic N) is 2. The highest BCUT2D eigenvalue weighted by Gasteiger charge is 2.30. The van der Waals surface area contributed by atoms with Crippen LogP contribution in [0.3, 0.4) is 0 Å². The van der Waals surface area contributed by atoms with Gasteiger partial charge >= 0.3 is 0 Å². The summed E-state index contributed by atoms with van der Waals surface area (Å²) in [5.74, 6) is -1.67. The lowest BCUT2D eigenvalue weighted by molar-refractivity contribution is -0.139. The lowest BCUT2D eigenvalue weighted by Gasteiger charge is -2.31. The second-order valence-electron chi connectivity index (χ2n) is 6.76. The SMILES string of the molecule is CNC(=O)[C@@H](C)N(Cc1c(Cl)cccc1Cl)C(=O)CN(c1ccc(F)cc1)S(C)(=O)=O. The molecule has 0 saturated heterocycles. The van der Waals surface area contributed by atoms with E-state index in [4.69, 9.17) is 23.2 Å². The fourth-order valence-corrected chi connectivity index (χ4v) is 4.23. The van der Waals surface area contributed by atoms with Gasteiger partial charge in [-0.15, -0.1) is 0 Å². The molecule has 31 heavy (non-hydrogen) atoms. The van der Waals surface area contributed by atoms with Crippen molar-refractivity contribution in [3.8, 4) is 0 Å². The lowest BCUT2D eigenvalue weighted by Crippen LogP contribution is -2.50. The van der Waals surface area contributed by atoms with E-state index in [2.05, 4.69) is 5.32 Å². The number of carbonyl (C=O) groups excluding carboxylic acids is 2. The number of nitrogens with one attached hydrogen (secondary N) is 1. The molecule has 0 aromatic heterocycles. The van der Waals surface area contributed by atoms with Crippen molar-refractivity contribution < 1.29 is 22.4 Å². The first-order chi connectivity index (χ1) is 14.5. The van der Waals surface area contributed by atoms with Crippen LogP contribution in [0.2, 0.25) is 10.0 Å². The Labute approximate surface area is 190 Å². The second-order valence-corrected chi connectivity index (χ2v) is 9.48. The Bertz CT molecular complexity index is 1040. The molecule has 0 saturated carbocycles. The van der Waals surface area contributed by atoms with Crippen molar-refractivity contribution in [2.45, 2.75) is 19.5 Å². The van der Waals surface area contributed by atoms with Gasteiger partial charge in [-0.1, -0.05) is 29.3 Å². The van der Waals surface area contributed by atoms with Gasteiger partial charge < -0.3 is 10.2 Å². The van der Waals surface area contributed by atoms with Crippen LogP contribution in [0.25, 0.3) is 0 Å². The number of sulfonamides is 1. The Kier molecular flexibility index (Phi) is 8.27. The summed E-state index contributed by atoms with van der Waals surface area (Å²) in [6.07, 6.45) is 0.932. The number of hydrogen-bond acceptors (Lipinski definition) is 4. The number of hydrogen-bond donors (Lipinski definition) is 1. The number of benzene rings is 2. The normalized spacial score (nSPS) is 12.2. The molecule has 1 N–H and O–H groups in total. The molecule has 2 aromatic rings. The first-order valence-corrected chi connectivity index (χ1v) is 11.7. The highest BCUT2D eigenvalue weighted by molar-refractivity contribution is 7.92. The highest BCUT2D eigenvalue weighted by Crippen LogP contribution is 2.27. The standard InChI is InChI=1S/C20H22Cl2FN3O4S/c1-13(20(28)24-2)25(11-16-17(21)5-4-6-18(16)22)19(27)12-26(31(3,29)30)15-9-7-14(23)8-10-15/h4-10,13H,11-12H2,1-3H3,(H,24,28)/t13-/m1/s1. The number of halogens is 3. The Hall–Kier alpha value is -2.36. The average Bonchev–Trinajstić information content (AvgIpc) is 2.70. The summed E-state index contributed by atoms with van der Waals surface area (Å²) in [5, 5.41) is 3.06. The van der Waals surface area contributed by atoms with E-state index in [9.17, 15) is 22.4 Å². The molecule has 2 rings (SSSR count). The van der Waals surface area contributed by atoms with Crippen molar-refractivity contribution in [1.29, 1.82) is 0 Å². The minimum Gasteiger partial charge on any atom is -0.357 e. The predicted molar refractivity (Wildman–Crippen MR) is 119 cm³/mol. The minimum absolute atomic E-state index is 0.112. The predicted octanol–water partition coefficient (Wildman–Crippen LogP) is 3.06. The van der Waals surface area contributed by atoms with E-state index in [0.717, 1.165) is 22.7 Å². The van der Waals surface area contributed by atoms with Crippen molar-refractivity contribution in [2.75, 3.05) is 24.2 Å². The van der Waals surface area contributed by atoms with Crippen LogP contribution in [0.15, 0.2) is 42.5 Å². The number of likely N-dealkylation sites (N-methyl/N-ethyl adjacent to an activating group) is 1. The number of rotatable bonds is 8. The van der Waals surface area contributed by atoms with Gasteiger partial charge in [-0.25, -0.2) is 12.8 Å². The first-order valence-electron chi connectivity index (χ1n) is 9.13. The summed E-state index contributed by atoms with van der Waals surface area (Å²) < 4.78 is 38.8. The molecule has 1 atom stereocenters. The third kappa shape index (κ3) is 6.32. The molecule has 0 aliphatic carbocycles. The van der Waals surface area contributed by atoms with Gasteiger partial charge in [-0.3, -0.25) is 13.9 Å². The first kappa shape index (κ1) is 24.9. The Balaban J connectivity index is 2.43. The van der Waals surface area contributed by atoms with Gasteiger partial charge in [0.25, 0.3) is 0 Å². The van der Waals surface area contributed by atoms with Crippen LogP contribution < -0.4 is 9.62 Å². The van der Waals surface area contributed by atoms with Gasteiger partial charge in [0.05, 0.1) is 11.9 Å². The van der Waals surface area contributed by atoms with Gasteiger partial charge in [0.1, 0.15) is 18.4 Å². The topological polar surface area (TPSA) is 86.8 Å². The summed E-state index contributed by atoms with van der Waals surface area (Å²) >= 11 is 12.4. The van der Waals surface area contributed by atoms with E-state index in [1.165, 1.54) is 31.0 Å². The quantitative estimate of drug-likeness (QED) is 0.617. The summed E-state index contributed by atoms with van der Waals surface area (Å²) in [4.78, 5) is 26.7. The molecule has 0 spiro atoms. The minimum atomic E-state index is -3.89. The summed E-state index contributed by atoms with van der Waals surface area (Å²) in [7, 11) is -2.47. The maximum atomic E-state index is 13.3. The van der Waals surface area contributed by atoms with Gasteiger partial charge in [0.15, 0.2) is 0 Å². The van der Waals surface area contributed by atoms with Crippen molar-refractivity contribution in [1.82, 2.24) is 10.2 Å². The molecule has 11 heteroatoms. The van der Waals surface area contributed by atoms with Crippen LogP contribution in [0, 0.1) is 5.82 Å². The van der Waals surface area contributed by atoms with E-state index < -0.39 is 40.2 Å². The molecular formula is C20H22Cl2FN3O4S. The largest absolute Gasteiger partial charge is 0.357 e. The average molecular weight is 490 g/mol. The molecular weight excluding hydrogens is 468 g/mol. The molecule has 7 nitrogen and oxygen atoms in total. The summed E-state index contributed by atoms with van der Waals surface area (Å²) in [6.45, 7) is 0.783. The zero-order valence-corrected chi connectivity index (χ0v) is 19.4. The van der Waals surface area contributed by atoms with Crippen molar-refractivity contribution in [3.63, 3.8) is 0 Å². The van der Waals surface area contributed by atoms with Gasteiger partial charge in [0.2, 0.25) is 21.8 Å². The summed E-state index contributed by atoms with van der Waals surface area (Å²) in [5.41, 5.74) is 0.531. The molecule has 0 radical (unpaired) electrons. The maximum Gasteiger partial charge on any atom is 0.244 e. The lowest BCUT2D eigenvalue weighted by atomic mass is 10.1. The Morgan fingerprint density at radius 1 is 1.10 bits per heavy atom. The molecule has 0 bridgehead atoms. The Morgan fingerprint density at radius 3 is 2.13 bits per heavy atom. The second kappa shape index (κ2) is 10.3. The third-order valence-electron chi connectivity index (χ3n) is 4.60. The van der Waals surface area contributed by atoms with Crippen LogP contribution in [0.5, 0.6) is 0 Å². The number of amides is 2.